The smallest absolute Gasteiger partial charge is 0.166 e. The summed E-state index contributed by atoms with van der Waals surface area (Å²) in [6, 6.07) is 6.18. The van der Waals surface area contributed by atoms with Crippen LogP contribution in [-0.4, -0.2) is 5.78 Å². The Balaban J connectivity index is 2.08. The van der Waals surface area contributed by atoms with Crippen molar-refractivity contribution in [3.8, 4) is 0 Å². The fourth-order valence-corrected chi connectivity index (χ4v) is 3.14. The quantitative estimate of drug-likeness (QED) is 0.704. The van der Waals surface area contributed by atoms with Crippen LogP contribution in [0.2, 0.25) is 0 Å². The van der Waals surface area contributed by atoms with Gasteiger partial charge in [-0.05, 0) is 51.0 Å². The fourth-order valence-electron chi connectivity index (χ4n) is 3.14. The SMILES string of the molecule is CCC1CCC(C(=O)c2ccc(C)cc2C)CC1. The standard InChI is InChI=1S/C17H24O/c1-4-14-6-8-15(9-7-14)17(18)16-10-5-12(2)11-13(16)3/h5,10-11,14-15H,4,6-9H2,1-3H3. The van der Waals surface area contributed by atoms with Crippen molar-refractivity contribution in [1.29, 1.82) is 0 Å². The van der Waals surface area contributed by atoms with Crippen molar-refractivity contribution in [3.05, 3.63) is 34.9 Å². The van der Waals surface area contributed by atoms with Gasteiger partial charge in [0, 0.05) is 11.5 Å². The highest BCUT2D eigenvalue weighted by atomic mass is 16.1. The summed E-state index contributed by atoms with van der Waals surface area (Å²) in [6.07, 6.45) is 5.91. The van der Waals surface area contributed by atoms with Crippen LogP contribution in [-0.2, 0) is 0 Å². The van der Waals surface area contributed by atoms with Crippen molar-refractivity contribution < 1.29 is 4.79 Å². The molecule has 0 aliphatic heterocycles. The van der Waals surface area contributed by atoms with E-state index in [9.17, 15) is 4.79 Å². The molecule has 0 unspecified atom stereocenters. The summed E-state index contributed by atoms with van der Waals surface area (Å²) in [7, 11) is 0. The molecule has 1 aliphatic carbocycles. The topological polar surface area (TPSA) is 17.1 Å². The molecule has 1 aromatic carbocycles. The molecule has 0 N–H and O–H groups in total. The second-order valence-electron chi connectivity index (χ2n) is 5.81. The molecular weight excluding hydrogens is 220 g/mol. The van der Waals surface area contributed by atoms with Crippen molar-refractivity contribution in [2.24, 2.45) is 11.8 Å². The number of rotatable bonds is 3. The minimum Gasteiger partial charge on any atom is -0.294 e. The molecule has 18 heavy (non-hydrogen) atoms. The van der Waals surface area contributed by atoms with Gasteiger partial charge in [0.1, 0.15) is 0 Å². The first-order chi connectivity index (χ1) is 8.61. The number of carbonyl (C=O) groups is 1. The lowest BCUT2D eigenvalue weighted by Gasteiger charge is -2.27. The highest BCUT2D eigenvalue weighted by Crippen LogP contribution is 2.33. The van der Waals surface area contributed by atoms with Gasteiger partial charge >= 0.3 is 0 Å². The lowest BCUT2D eigenvalue weighted by atomic mass is 9.77. The van der Waals surface area contributed by atoms with Crippen LogP contribution in [0.4, 0.5) is 0 Å². The van der Waals surface area contributed by atoms with E-state index in [-0.39, 0.29) is 5.92 Å². The molecule has 1 nitrogen and oxygen atoms in total. The molecule has 0 radical (unpaired) electrons. The highest BCUT2D eigenvalue weighted by molar-refractivity contribution is 5.99. The Kier molecular flexibility index (Phi) is 4.21. The van der Waals surface area contributed by atoms with Crippen molar-refractivity contribution in [3.63, 3.8) is 0 Å². The Morgan fingerprint density at radius 2 is 1.83 bits per heavy atom. The molecule has 1 heteroatoms. The maximum Gasteiger partial charge on any atom is 0.166 e. The predicted molar refractivity (Wildman–Crippen MR) is 76.0 cm³/mol. The van der Waals surface area contributed by atoms with Crippen LogP contribution in [0.15, 0.2) is 18.2 Å². The van der Waals surface area contributed by atoms with Crippen molar-refractivity contribution >= 4 is 5.78 Å². The Morgan fingerprint density at radius 3 is 2.39 bits per heavy atom. The van der Waals surface area contributed by atoms with Crippen LogP contribution in [0.25, 0.3) is 0 Å². The van der Waals surface area contributed by atoms with E-state index < -0.39 is 0 Å². The Hall–Kier alpha value is -1.11. The molecule has 0 spiro atoms. The number of hydrogen-bond acceptors (Lipinski definition) is 1. The van der Waals surface area contributed by atoms with Crippen LogP contribution in [0, 0.1) is 25.7 Å². The van der Waals surface area contributed by atoms with E-state index >= 15 is 0 Å². The second kappa shape index (κ2) is 5.69. The number of aryl methyl sites for hydroxylation is 2. The first kappa shape index (κ1) is 13.3. The summed E-state index contributed by atoms with van der Waals surface area (Å²) >= 11 is 0. The first-order valence-electron chi connectivity index (χ1n) is 7.23. The summed E-state index contributed by atoms with van der Waals surface area (Å²) < 4.78 is 0. The van der Waals surface area contributed by atoms with Crippen LogP contribution in [0.3, 0.4) is 0 Å². The van der Waals surface area contributed by atoms with Gasteiger partial charge in [0.05, 0.1) is 0 Å². The highest BCUT2D eigenvalue weighted by Gasteiger charge is 2.26. The predicted octanol–water partition coefficient (Wildman–Crippen LogP) is 4.70. The van der Waals surface area contributed by atoms with E-state index in [1.165, 1.54) is 24.8 Å². The molecule has 1 aliphatic rings. The Labute approximate surface area is 111 Å². The second-order valence-corrected chi connectivity index (χ2v) is 5.81. The van der Waals surface area contributed by atoms with Gasteiger partial charge in [0.2, 0.25) is 0 Å². The average molecular weight is 244 g/mol. The number of Topliss-reactive ketones (excluding diaryl/α,β-unsaturated/α-hetero) is 1. The van der Waals surface area contributed by atoms with Gasteiger partial charge < -0.3 is 0 Å². The molecular formula is C17H24O. The summed E-state index contributed by atoms with van der Waals surface area (Å²) in [5.41, 5.74) is 3.32. The van der Waals surface area contributed by atoms with Crippen molar-refractivity contribution in [1.82, 2.24) is 0 Å². The third-order valence-electron chi connectivity index (χ3n) is 4.44. The fraction of sp³-hybridized carbons (Fsp3) is 0.588. The van der Waals surface area contributed by atoms with Gasteiger partial charge in [-0.1, -0.05) is 37.1 Å². The molecule has 1 aromatic rings. The maximum absolute atomic E-state index is 12.5. The molecule has 0 atom stereocenters. The molecule has 98 valence electrons. The molecule has 0 heterocycles. The van der Waals surface area contributed by atoms with E-state index in [1.807, 2.05) is 6.07 Å². The zero-order valence-electron chi connectivity index (χ0n) is 11.8. The van der Waals surface area contributed by atoms with E-state index in [0.29, 0.717) is 5.78 Å². The molecule has 0 bridgehead atoms. The van der Waals surface area contributed by atoms with E-state index in [2.05, 4.69) is 32.9 Å². The zero-order chi connectivity index (χ0) is 13.1. The third kappa shape index (κ3) is 2.82. The number of ketones is 1. The third-order valence-corrected chi connectivity index (χ3v) is 4.44. The summed E-state index contributed by atoms with van der Waals surface area (Å²) in [5, 5.41) is 0. The van der Waals surface area contributed by atoms with Crippen LogP contribution in [0.5, 0.6) is 0 Å². The molecule has 1 saturated carbocycles. The summed E-state index contributed by atoms with van der Waals surface area (Å²) in [4.78, 5) is 12.5. The number of benzene rings is 1. The number of hydrogen-bond donors (Lipinski definition) is 0. The van der Waals surface area contributed by atoms with Gasteiger partial charge in [-0.2, -0.15) is 0 Å². The summed E-state index contributed by atoms with van der Waals surface area (Å²) in [5.74, 6) is 1.50. The molecule has 0 amide bonds. The normalized spacial score (nSPS) is 23.9. The van der Waals surface area contributed by atoms with Gasteiger partial charge in [0.25, 0.3) is 0 Å². The van der Waals surface area contributed by atoms with Gasteiger partial charge in [-0.15, -0.1) is 0 Å². The molecule has 0 aromatic heterocycles. The van der Waals surface area contributed by atoms with Crippen molar-refractivity contribution in [2.45, 2.75) is 52.9 Å². The van der Waals surface area contributed by atoms with Crippen molar-refractivity contribution in [2.75, 3.05) is 0 Å². The Bertz CT molecular complexity index is 425. The van der Waals surface area contributed by atoms with Gasteiger partial charge in [-0.25, -0.2) is 0 Å². The van der Waals surface area contributed by atoms with Crippen LogP contribution >= 0.6 is 0 Å². The van der Waals surface area contributed by atoms with Crippen LogP contribution < -0.4 is 0 Å². The van der Waals surface area contributed by atoms with Gasteiger partial charge in [-0.3, -0.25) is 4.79 Å². The average Bonchev–Trinajstić information content (AvgIpc) is 2.38. The lowest BCUT2D eigenvalue weighted by Crippen LogP contribution is -2.22. The van der Waals surface area contributed by atoms with E-state index in [0.717, 1.165) is 29.9 Å². The monoisotopic (exact) mass is 244 g/mol. The number of carbonyl (C=O) groups excluding carboxylic acids is 1. The first-order valence-corrected chi connectivity index (χ1v) is 7.23. The van der Waals surface area contributed by atoms with Crippen LogP contribution in [0.1, 0.15) is 60.5 Å². The largest absolute Gasteiger partial charge is 0.294 e. The maximum atomic E-state index is 12.5. The Morgan fingerprint density at radius 1 is 1.17 bits per heavy atom. The minimum atomic E-state index is 0.272. The molecule has 0 saturated heterocycles. The lowest BCUT2D eigenvalue weighted by molar-refractivity contribution is 0.0870. The molecule has 2 rings (SSSR count). The van der Waals surface area contributed by atoms with E-state index in [4.69, 9.17) is 0 Å². The zero-order valence-corrected chi connectivity index (χ0v) is 11.8. The molecule has 1 fully saturated rings. The van der Waals surface area contributed by atoms with Gasteiger partial charge in [0.15, 0.2) is 5.78 Å². The van der Waals surface area contributed by atoms with E-state index in [1.54, 1.807) is 0 Å². The minimum absolute atomic E-state index is 0.272. The summed E-state index contributed by atoms with van der Waals surface area (Å²) in [6.45, 7) is 6.39.